The number of hydrazone groups is 1. The summed E-state index contributed by atoms with van der Waals surface area (Å²) >= 11 is 7.07. The first-order valence-electron chi connectivity index (χ1n) is 10.5. The number of para-hydroxylation sites is 1. The molecule has 1 aliphatic rings. The Bertz CT molecular complexity index is 1220. The van der Waals surface area contributed by atoms with Gasteiger partial charge in [0, 0.05) is 8.95 Å². The lowest BCUT2D eigenvalue weighted by Gasteiger charge is -2.15. The molecule has 1 aliphatic heterocycles. The minimum atomic E-state index is -0.167. The van der Waals surface area contributed by atoms with Crippen molar-refractivity contribution in [1.82, 2.24) is 0 Å². The summed E-state index contributed by atoms with van der Waals surface area (Å²) in [6.45, 7) is 4.66. The maximum absolute atomic E-state index is 13.1. The first kappa shape index (κ1) is 23.3. The van der Waals surface area contributed by atoms with Gasteiger partial charge in [-0.3, -0.25) is 4.79 Å². The van der Waals surface area contributed by atoms with Gasteiger partial charge < -0.3 is 9.47 Å². The van der Waals surface area contributed by atoms with E-state index in [2.05, 4.69) is 37.0 Å². The zero-order valence-corrected chi connectivity index (χ0v) is 21.4. The molecule has 0 aliphatic carbocycles. The maximum atomic E-state index is 13.1. The molecular formula is C26H22Br2N2O3. The van der Waals surface area contributed by atoms with E-state index in [4.69, 9.17) is 9.47 Å². The molecule has 0 N–H and O–H groups in total. The first-order chi connectivity index (χ1) is 16.0. The van der Waals surface area contributed by atoms with Gasteiger partial charge in [-0.2, -0.15) is 10.1 Å². The molecule has 1 heterocycles. The van der Waals surface area contributed by atoms with Crippen LogP contribution in [0.25, 0.3) is 6.08 Å². The largest absolute Gasteiger partial charge is 0.490 e. The molecule has 33 heavy (non-hydrogen) atoms. The van der Waals surface area contributed by atoms with E-state index >= 15 is 0 Å². The molecule has 7 heteroatoms. The van der Waals surface area contributed by atoms with Crippen LogP contribution in [-0.4, -0.2) is 18.2 Å². The van der Waals surface area contributed by atoms with Crippen LogP contribution >= 0.6 is 31.9 Å². The van der Waals surface area contributed by atoms with Crippen LogP contribution in [0.1, 0.15) is 25.0 Å². The maximum Gasteiger partial charge on any atom is 0.280 e. The van der Waals surface area contributed by atoms with Gasteiger partial charge in [-0.1, -0.05) is 62.2 Å². The second kappa shape index (κ2) is 10.4. The molecule has 1 amide bonds. The fourth-order valence-electron chi connectivity index (χ4n) is 3.37. The highest BCUT2D eigenvalue weighted by Crippen LogP contribution is 2.36. The number of benzene rings is 3. The van der Waals surface area contributed by atoms with Crippen molar-refractivity contribution < 1.29 is 14.3 Å². The van der Waals surface area contributed by atoms with E-state index in [1.54, 1.807) is 0 Å². The molecule has 0 saturated heterocycles. The lowest BCUT2D eigenvalue weighted by molar-refractivity contribution is -0.114. The van der Waals surface area contributed by atoms with Crippen LogP contribution in [0.3, 0.4) is 0 Å². The fraction of sp³-hybridized carbons (Fsp3) is 0.154. The van der Waals surface area contributed by atoms with E-state index in [1.807, 2.05) is 86.7 Å². The number of hydrogen-bond acceptors (Lipinski definition) is 4. The van der Waals surface area contributed by atoms with E-state index in [1.165, 1.54) is 5.01 Å². The van der Waals surface area contributed by atoms with Crippen LogP contribution in [0.2, 0.25) is 0 Å². The average Bonchev–Trinajstić information content (AvgIpc) is 3.10. The molecule has 0 saturated carbocycles. The number of halogens is 2. The van der Waals surface area contributed by atoms with Crippen LogP contribution < -0.4 is 14.5 Å². The summed E-state index contributed by atoms with van der Waals surface area (Å²) in [5.41, 5.74) is 3.78. The van der Waals surface area contributed by atoms with Gasteiger partial charge in [0.1, 0.15) is 6.61 Å². The number of anilines is 1. The second-order valence-corrected chi connectivity index (χ2v) is 9.13. The Balaban J connectivity index is 1.61. The van der Waals surface area contributed by atoms with Crippen LogP contribution in [-0.2, 0) is 11.4 Å². The minimum Gasteiger partial charge on any atom is -0.490 e. The molecule has 3 aromatic carbocycles. The van der Waals surface area contributed by atoms with Gasteiger partial charge in [0.2, 0.25) is 0 Å². The minimum absolute atomic E-state index is 0.167. The van der Waals surface area contributed by atoms with Gasteiger partial charge >= 0.3 is 0 Å². The third-order valence-electron chi connectivity index (χ3n) is 5.03. The van der Waals surface area contributed by atoms with Gasteiger partial charge in [-0.05, 0) is 67.4 Å². The molecule has 0 unspecified atom stereocenters. The van der Waals surface area contributed by atoms with Gasteiger partial charge in [0.25, 0.3) is 5.91 Å². The molecule has 0 atom stereocenters. The summed E-state index contributed by atoms with van der Waals surface area (Å²) in [7, 11) is 0. The quantitative estimate of drug-likeness (QED) is 0.288. The Morgan fingerprint density at radius 3 is 2.36 bits per heavy atom. The van der Waals surface area contributed by atoms with Crippen molar-refractivity contribution in [2.75, 3.05) is 11.6 Å². The fourth-order valence-corrected chi connectivity index (χ4v) is 4.07. The van der Waals surface area contributed by atoms with Crippen molar-refractivity contribution in [1.29, 1.82) is 0 Å². The van der Waals surface area contributed by atoms with E-state index in [0.717, 1.165) is 25.8 Å². The Labute approximate surface area is 210 Å². The molecule has 0 spiro atoms. The van der Waals surface area contributed by atoms with E-state index in [9.17, 15) is 4.79 Å². The zero-order valence-electron chi connectivity index (χ0n) is 18.2. The smallest absolute Gasteiger partial charge is 0.280 e. The van der Waals surface area contributed by atoms with Crippen LogP contribution in [0, 0.1) is 0 Å². The SMILES string of the molecule is CCOc1cc(/C=C2/C(=O)N(c3ccccc3)N=C2C)c(Br)cc1OCc1ccc(Br)cc1. The standard InChI is InChI=1S/C26H22Br2N2O3/c1-3-32-24-14-19(23(28)15-25(24)33-16-18-9-11-20(27)12-10-18)13-22-17(2)29-30(26(22)31)21-7-5-4-6-8-21/h4-15H,3,16H2,1-2H3/b22-13+. The van der Waals surface area contributed by atoms with Gasteiger partial charge in [-0.25, -0.2) is 0 Å². The summed E-state index contributed by atoms with van der Waals surface area (Å²) in [6.07, 6.45) is 1.83. The van der Waals surface area contributed by atoms with Gasteiger partial charge in [-0.15, -0.1) is 0 Å². The Morgan fingerprint density at radius 1 is 0.970 bits per heavy atom. The first-order valence-corrected chi connectivity index (χ1v) is 12.0. The highest BCUT2D eigenvalue weighted by atomic mass is 79.9. The number of hydrogen-bond donors (Lipinski definition) is 0. The highest BCUT2D eigenvalue weighted by molar-refractivity contribution is 9.10. The Hall–Kier alpha value is -2.90. The highest BCUT2D eigenvalue weighted by Gasteiger charge is 2.29. The predicted octanol–water partition coefficient (Wildman–Crippen LogP) is 7.00. The zero-order chi connectivity index (χ0) is 23.4. The van der Waals surface area contributed by atoms with Gasteiger partial charge in [0.15, 0.2) is 11.5 Å². The molecule has 4 rings (SSSR count). The second-order valence-electron chi connectivity index (χ2n) is 7.36. The number of carbonyl (C=O) groups excluding carboxylic acids is 1. The Kier molecular flexibility index (Phi) is 7.30. The van der Waals surface area contributed by atoms with Crippen molar-refractivity contribution in [2.45, 2.75) is 20.5 Å². The van der Waals surface area contributed by atoms with Crippen molar-refractivity contribution in [3.63, 3.8) is 0 Å². The van der Waals surface area contributed by atoms with Crippen LogP contribution in [0.5, 0.6) is 11.5 Å². The van der Waals surface area contributed by atoms with Crippen molar-refractivity contribution in [3.8, 4) is 11.5 Å². The summed E-state index contributed by atoms with van der Waals surface area (Å²) < 4.78 is 13.7. The van der Waals surface area contributed by atoms with Crippen molar-refractivity contribution >= 4 is 55.2 Å². The number of rotatable bonds is 7. The molecule has 0 bridgehead atoms. The average molecular weight is 570 g/mol. The lowest BCUT2D eigenvalue weighted by atomic mass is 10.1. The number of ether oxygens (including phenoxy) is 2. The van der Waals surface area contributed by atoms with Crippen molar-refractivity contribution in [2.24, 2.45) is 5.10 Å². The summed E-state index contributed by atoms with van der Waals surface area (Å²) in [5, 5.41) is 5.87. The molecular weight excluding hydrogens is 548 g/mol. The lowest BCUT2D eigenvalue weighted by Crippen LogP contribution is -2.21. The third kappa shape index (κ3) is 5.37. The predicted molar refractivity (Wildman–Crippen MR) is 139 cm³/mol. The monoisotopic (exact) mass is 568 g/mol. The topological polar surface area (TPSA) is 51.1 Å². The Morgan fingerprint density at radius 2 is 1.67 bits per heavy atom. The number of nitrogens with zero attached hydrogens (tertiary/aromatic N) is 2. The molecule has 3 aromatic rings. The summed E-state index contributed by atoms with van der Waals surface area (Å²) in [4.78, 5) is 13.1. The van der Waals surface area contributed by atoms with Crippen LogP contribution in [0.4, 0.5) is 5.69 Å². The van der Waals surface area contributed by atoms with Gasteiger partial charge in [0.05, 0.1) is 23.6 Å². The third-order valence-corrected chi connectivity index (χ3v) is 6.25. The number of carbonyl (C=O) groups is 1. The number of amides is 1. The molecule has 168 valence electrons. The molecule has 0 aromatic heterocycles. The van der Waals surface area contributed by atoms with Crippen molar-refractivity contribution in [3.05, 3.63) is 92.4 Å². The van der Waals surface area contributed by atoms with E-state index < -0.39 is 0 Å². The molecule has 0 fully saturated rings. The summed E-state index contributed by atoms with van der Waals surface area (Å²) in [6, 6.07) is 21.1. The molecule has 0 radical (unpaired) electrons. The molecule has 5 nitrogen and oxygen atoms in total. The van der Waals surface area contributed by atoms with E-state index in [0.29, 0.717) is 36.0 Å². The summed E-state index contributed by atoms with van der Waals surface area (Å²) in [5.74, 6) is 1.08. The van der Waals surface area contributed by atoms with E-state index in [-0.39, 0.29) is 5.91 Å². The van der Waals surface area contributed by atoms with Crippen LogP contribution in [0.15, 0.2) is 86.3 Å². The normalized spacial score (nSPS) is 14.5.